The maximum Gasteiger partial charge on any atom is 0.151 e. The quantitative estimate of drug-likeness (QED) is 0.731. The van der Waals surface area contributed by atoms with Gasteiger partial charge in [0.05, 0.1) is 12.8 Å². The Bertz CT molecular complexity index is 582. The number of piperazine rings is 1. The lowest BCUT2D eigenvalue weighted by Gasteiger charge is -2.42. The highest BCUT2D eigenvalue weighted by atomic mass is 79.9. The van der Waals surface area contributed by atoms with Crippen molar-refractivity contribution in [3.05, 3.63) is 21.5 Å². The number of rotatable bonds is 4. The van der Waals surface area contributed by atoms with E-state index in [1.54, 1.807) is 13.2 Å². The van der Waals surface area contributed by atoms with Crippen LogP contribution in [0.5, 0.6) is 5.75 Å². The van der Waals surface area contributed by atoms with E-state index in [2.05, 4.69) is 42.9 Å². The van der Waals surface area contributed by atoms with Gasteiger partial charge in [0.15, 0.2) is 5.69 Å². The Morgan fingerprint density at radius 1 is 1.12 bits per heavy atom. The van der Waals surface area contributed by atoms with Gasteiger partial charge in [-0.1, -0.05) is 0 Å². The fourth-order valence-electron chi connectivity index (χ4n) is 3.67. The fourth-order valence-corrected chi connectivity index (χ4v) is 4.25. The normalized spacial score (nSPS) is 21.0. The summed E-state index contributed by atoms with van der Waals surface area (Å²) in [7, 11) is 3.77. The molecular formula is C17H25BrN4O2. The third kappa shape index (κ3) is 3.73. The molecule has 3 rings (SSSR count). The van der Waals surface area contributed by atoms with Gasteiger partial charge in [-0.3, -0.25) is 4.90 Å². The van der Waals surface area contributed by atoms with Crippen molar-refractivity contribution in [2.75, 3.05) is 58.3 Å². The standard InChI is InChI=1S/C17H25BrN4O2/c1-20-7-9-21(10-8-20)13-3-5-22(6-4-13)16-12-17(24-2)15(19-23)11-14(16)18/h11-13H,3-10H2,1-2H3. The van der Waals surface area contributed by atoms with E-state index in [-0.39, 0.29) is 0 Å². The molecule has 0 unspecified atom stereocenters. The lowest BCUT2D eigenvalue weighted by Crippen LogP contribution is -2.52. The van der Waals surface area contributed by atoms with Crippen molar-refractivity contribution in [1.29, 1.82) is 0 Å². The van der Waals surface area contributed by atoms with E-state index < -0.39 is 0 Å². The molecule has 0 N–H and O–H groups in total. The molecule has 0 atom stereocenters. The second kappa shape index (κ2) is 7.80. The Kier molecular flexibility index (Phi) is 5.73. The van der Waals surface area contributed by atoms with Gasteiger partial charge in [-0.2, -0.15) is 0 Å². The number of halogens is 1. The zero-order valence-electron chi connectivity index (χ0n) is 14.4. The maximum absolute atomic E-state index is 10.9. The van der Waals surface area contributed by atoms with E-state index >= 15 is 0 Å². The molecule has 132 valence electrons. The minimum absolute atomic E-state index is 0.334. The molecule has 1 aromatic carbocycles. The number of piperidine rings is 1. The molecule has 2 saturated heterocycles. The Hall–Kier alpha value is -1.18. The Morgan fingerprint density at radius 2 is 1.79 bits per heavy atom. The first-order valence-electron chi connectivity index (χ1n) is 8.51. The van der Waals surface area contributed by atoms with E-state index in [0.29, 0.717) is 17.5 Å². The predicted octanol–water partition coefficient (Wildman–Crippen LogP) is 3.07. The lowest BCUT2D eigenvalue weighted by atomic mass is 10.0. The minimum atomic E-state index is 0.334. The van der Waals surface area contributed by atoms with Gasteiger partial charge in [0.2, 0.25) is 0 Å². The summed E-state index contributed by atoms with van der Waals surface area (Å²) >= 11 is 3.57. The smallest absolute Gasteiger partial charge is 0.151 e. The number of anilines is 1. The van der Waals surface area contributed by atoms with Crippen molar-refractivity contribution in [2.45, 2.75) is 18.9 Å². The van der Waals surface area contributed by atoms with Crippen LogP contribution in [0.3, 0.4) is 0 Å². The number of hydrogen-bond acceptors (Lipinski definition) is 6. The molecule has 2 heterocycles. The van der Waals surface area contributed by atoms with Crippen LogP contribution in [0.4, 0.5) is 11.4 Å². The highest BCUT2D eigenvalue weighted by molar-refractivity contribution is 9.10. The van der Waals surface area contributed by atoms with Crippen LogP contribution in [0, 0.1) is 4.91 Å². The van der Waals surface area contributed by atoms with E-state index in [1.807, 2.05) is 6.07 Å². The molecule has 0 saturated carbocycles. The average molecular weight is 397 g/mol. The summed E-state index contributed by atoms with van der Waals surface area (Å²) in [5, 5.41) is 3.03. The van der Waals surface area contributed by atoms with Gasteiger partial charge >= 0.3 is 0 Å². The van der Waals surface area contributed by atoms with E-state index in [0.717, 1.165) is 23.2 Å². The van der Waals surface area contributed by atoms with Crippen LogP contribution in [-0.2, 0) is 0 Å². The van der Waals surface area contributed by atoms with Crippen LogP contribution in [0.25, 0.3) is 0 Å². The number of nitrogens with zero attached hydrogens (tertiary/aromatic N) is 4. The topological polar surface area (TPSA) is 48.4 Å². The zero-order chi connectivity index (χ0) is 17.1. The predicted molar refractivity (Wildman–Crippen MR) is 100 cm³/mol. The fraction of sp³-hybridized carbons (Fsp3) is 0.647. The highest BCUT2D eigenvalue weighted by Gasteiger charge is 2.27. The van der Waals surface area contributed by atoms with Gasteiger partial charge in [-0.25, -0.2) is 0 Å². The summed E-state index contributed by atoms with van der Waals surface area (Å²) in [6, 6.07) is 4.34. The first-order valence-corrected chi connectivity index (χ1v) is 9.30. The second-order valence-electron chi connectivity index (χ2n) is 6.62. The molecule has 0 amide bonds. The Labute approximate surface area is 151 Å². The molecule has 0 radical (unpaired) electrons. The summed E-state index contributed by atoms with van der Waals surface area (Å²) in [6.45, 7) is 6.74. The molecule has 2 aliphatic heterocycles. The van der Waals surface area contributed by atoms with Gasteiger partial charge in [-0.15, -0.1) is 4.91 Å². The van der Waals surface area contributed by atoms with Crippen molar-refractivity contribution < 1.29 is 4.74 Å². The maximum atomic E-state index is 10.9. The number of hydrogen-bond donors (Lipinski definition) is 0. The van der Waals surface area contributed by atoms with Crippen LogP contribution in [0.15, 0.2) is 21.8 Å². The van der Waals surface area contributed by atoms with Gasteiger partial charge in [0, 0.05) is 55.8 Å². The van der Waals surface area contributed by atoms with Gasteiger partial charge in [-0.05, 0) is 47.1 Å². The first kappa shape index (κ1) is 17.6. The molecule has 1 aromatic rings. The first-order chi connectivity index (χ1) is 11.6. The molecule has 0 bridgehead atoms. The van der Waals surface area contributed by atoms with Crippen molar-refractivity contribution in [2.24, 2.45) is 5.18 Å². The molecule has 0 spiro atoms. The van der Waals surface area contributed by atoms with Crippen molar-refractivity contribution in [3.8, 4) is 5.75 Å². The van der Waals surface area contributed by atoms with Crippen molar-refractivity contribution >= 4 is 27.3 Å². The number of benzene rings is 1. The summed E-state index contributed by atoms with van der Waals surface area (Å²) in [4.78, 5) is 18.3. The number of methoxy groups -OCH3 is 1. The second-order valence-corrected chi connectivity index (χ2v) is 7.48. The molecule has 0 aromatic heterocycles. The Balaban J connectivity index is 1.65. The zero-order valence-corrected chi connectivity index (χ0v) is 16.0. The lowest BCUT2D eigenvalue weighted by molar-refractivity contribution is 0.0982. The summed E-state index contributed by atoms with van der Waals surface area (Å²) in [5.41, 5.74) is 1.41. The summed E-state index contributed by atoms with van der Waals surface area (Å²) < 4.78 is 6.19. The van der Waals surface area contributed by atoms with E-state index in [4.69, 9.17) is 4.74 Å². The molecule has 6 nitrogen and oxygen atoms in total. The van der Waals surface area contributed by atoms with Crippen LogP contribution in [-0.4, -0.2) is 69.3 Å². The average Bonchev–Trinajstić information content (AvgIpc) is 2.62. The highest BCUT2D eigenvalue weighted by Crippen LogP contribution is 2.39. The van der Waals surface area contributed by atoms with Crippen LogP contribution in [0.1, 0.15) is 12.8 Å². The number of ether oxygens (including phenoxy) is 1. The van der Waals surface area contributed by atoms with Crippen molar-refractivity contribution in [3.63, 3.8) is 0 Å². The monoisotopic (exact) mass is 396 g/mol. The van der Waals surface area contributed by atoms with Crippen LogP contribution < -0.4 is 9.64 Å². The number of likely N-dealkylation sites (N-methyl/N-ethyl adjacent to an activating group) is 1. The van der Waals surface area contributed by atoms with Gasteiger partial charge in [0.1, 0.15) is 5.75 Å². The SMILES string of the molecule is COc1cc(N2CCC(N3CCN(C)CC3)CC2)c(Br)cc1N=O. The summed E-state index contributed by atoms with van der Waals surface area (Å²) in [6.07, 6.45) is 2.35. The molecule has 7 heteroatoms. The van der Waals surface area contributed by atoms with Crippen molar-refractivity contribution in [1.82, 2.24) is 9.80 Å². The molecule has 24 heavy (non-hydrogen) atoms. The number of nitroso groups, excluding NO2 is 1. The largest absolute Gasteiger partial charge is 0.494 e. The van der Waals surface area contributed by atoms with E-state index in [1.165, 1.54) is 39.0 Å². The summed E-state index contributed by atoms with van der Waals surface area (Å²) in [5.74, 6) is 0.532. The van der Waals surface area contributed by atoms with Crippen LogP contribution >= 0.6 is 15.9 Å². The molecular weight excluding hydrogens is 372 g/mol. The third-order valence-corrected chi connectivity index (χ3v) is 5.84. The van der Waals surface area contributed by atoms with E-state index in [9.17, 15) is 4.91 Å². The Morgan fingerprint density at radius 3 is 2.38 bits per heavy atom. The van der Waals surface area contributed by atoms with Gasteiger partial charge < -0.3 is 14.5 Å². The van der Waals surface area contributed by atoms with Gasteiger partial charge in [0.25, 0.3) is 0 Å². The molecule has 2 fully saturated rings. The minimum Gasteiger partial charge on any atom is -0.494 e. The third-order valence-electron chi connectivity index (χ3n) is 5.21. The molecule has 2 aliphatic rings. The molecule has 0 aliphatic carbocycles. The van der Waals surface area contributed by atoms with Crippen LogP contribution in [0.2, 0.25) is 0 Å².